The van der Waals surface area contributed by atoms with Crippen molar-refractivity contribution in [3.63, 3.8) is 0 Å². The van der Waals surface area contributed by atoms with Crippen molar-refractivity contribution in [2.24, 2.45) is 0 Å². The van der Waals surface area contributed by atoms with E-state index in [0.29, 0.717) is 5.02 Å². The van der Waals surface area contributed by atoms with Gasteiger partial charge in [0.25, 0.3) is 0 Å². The van der Waals surface area contributed by atoms with Gasteiger partial charge in [0.15, 0.2) is 0 Å². The first-order valence-corrected chi connectivity index (χ1v) is 5.21. The number of aryl methyl sites for hydroxylation is 2. The van der Waals surface area contributed by atoms with Gasteiger partial charge in [-0.2, -0.15) is 0 Å². The maximum absolute atomic E-state index is 8.96. The average Bonchev–Trinajstić information content (AvgIpc) is 2.17. The van der Waals surface area contributed by atoms with Crippen molar-refractivity contribution in [3.05, 3.63) is 28.3 Å². The molecular weight excluding hydrogens is 214 g/mol. The molecule has 0 aliphatic rings. The molecule has 3 N–H and O–H groups in total. The molecule has 0 fully saturated rings. The Labute approximate surface area is 94.7 Å². The summed E-state index contributed by atoms with van der Waals surface area (Å²) in [5, 5.41) is 21.5. The minimum Gasteiger partial charge on any atom is -0.394 e. The monoisotopic (exact) mass is 229 g/mol. The molecule has 1 aromatic carbocycles. The van der Waals surface area contributed by atoms with Crippen LogP contribution >= 0.6 is 11.6 Å². The van der Waals surface area contributed by atoms with Crippen LogP contribution in [-0.4, -0.2) is 29.5 Å². The molecule has 15 heavy (non-hydrogen) atoms. The van der Waals surface area contributed by atoms with Gasteiger partial charge in [-0.15, -0.1) is 0 Å². The largest absolute Gasteiger partial charge is 0.394 e. The molecule has 0 amide bonds. The molecule has 0 saturated heterocycles. The number of hydrogen-bond donors (Lipinski definition) is 3. The predicted octanol–water partition coefficient (Wildman–Crippen LogP) is 1.72. The van der Waals surface area contributed by atoms with Crippen LogP contribution in [0.4, 0.5) is 5.69 Å². The van der Waals surface area contributed by atoms with Crippen LogP contribution in [0.2, 0.25) is 5.02 Å². The fourth-order valence-corrected chi connectivity index (χ4v) is 1.83. The molecule has 3 nitrogen and oxygen atoms in total. The fourth-order valence-electron chi connectivity index (χ4n) is 1.45. The van der Waals surface area contributed by atoms with E-state index >= 15 is 0 Å². The van der Waals surface area contributed by atoms with Crippen molar-refractivity contribution in [3.8, 4) is 0 Å². The number of aliphatic hydroxyl groups is 2. The molecule has 0 saturated carbocycles. The third-order valence-electron chi connectivity index (χ3n) is 2.22. The first kappa shape index (κ1) is 12.3. The molecule has 1 rings (SSSR count). The van der Waals surface area contributed by atoms with Crippen molar-refractivity contribution >= 4 is 17.3 Å². The van der Waals surface area contributed by atoms with Crippen molar-refractivity contribution in [1.29, 1.82) is 0 Å². The Morgan fingerprint density at radius 3 is 2.33 bits per heavy atom. The van der Waals surface area contributed by atoms with Crippen LogP contribution in [0.3, 0.4) is 0 Å². The summed E-state index contributed by atoms with van der Waals surface area (Å²) in [7, 11) is 0. The van der Waals surface area contributed by atoms with E-state index in [2.05, 4.69) is 5.32 Å². The van der Waals surface area contributed by atoms with Gasteiger partial charge in [-0.3, -0.25) is 0 Å². The van der Waals surface area contributed by atoms with Gasteiger partial charge >= 0.3 is 0 Å². The Balaban J connectivity index is 2.94. The summed E-state index contributed by atoms with van der Waals surface area (Å²) in [6.45, 7) is 3.66. The van der Waals surface area contributed by atoms with Crippen LogP contribution in [0.5, 0.6) is 0 Å². The number of hydrogen-bond acceptors (Lipinski definition) is 3. The van der Waals surface area contributed by atoms with Gasteiger partial charge in [0.2, 0.25) is 0 Å². The zero-order valence-electron chi connectivity index (χ0n) is 8.92. The second kappa shape index (κ2) is 5.35. The summed E-state index contributed by atoms with van der Waals surface area (Å²) in [4.78, 5) is 0. The van der Waals surface area contributed by atoms with Gasteiger partial charge in [0.05, 0.1) is 30.0 Å². The maximum atomic E-state index is 8.96. The molecule has 0 radical (unpaired) electrons. The molecule has 0 spiro atoms. The molecule has 0 unspecified atom stereocenters. The molecule has 0 atom stereocenters. The molecule has 0 aliphatic heterocycles. The second-order valence-corrected chi connectivity index (χ2v) is 4.05. The SMILES string of the molecule is Cc1cc(C)c(NC(CO)CO)c(Cl)c1. The number of rotatable bonds is 4. The Morgan fingerprint density at radius 2 is 1.87 bits per heavy atom. The summed E-state index contributed by atoms with van der Waals surface area (Å²) in [6, 6.07) is 3.48. The second-order valence-electron chi connectivity index (χ2n) is 3.65. The molecular formula is C11H16ClNO2. The standard InChI is InChI=1S/C11H16ClNO2/c1-7-3-8(2)11(10(12)4-7)13-9(5-14)6-15/h3-4,9,13-15H,5-6H2,1-2H3. The van der Waals surface area contributed by atoms with Crippen molar-refractivity contribution in [1.82, 2.24) is 0 Å². The maximum Gasteiger partial charge on any atom is 0.0723 e. The summed E-state index contributed by atoms with van der Waals surface area (Å²) in [5.41, 5.74) is 2.87. The summed E-state index contributed by atoms with van der Waals surface area (Å²) in [6.07, 6.45) is 0. The summed E-state index contributed by atoms with van der Waals surface area (Å²) >= 11 is 6.07. The Kier molecular flexibility index (Phi) is 4.39. The van der Waals surface area contributed by atoms with Crippen LogP contribution in [-0.2, 0) is 0 Å². The minimum atomic E-state index is -0.371. The van der Waals surface area contributed by atoms with Gasteiger partial charge in [-0.25, -0.2) is 0 Å². The lowest BCUT2D eigenvalue weighted by molar-refractivity contribution is 0.204. The number of benzene rings is 1. The quantitative estimate of drug-likeness (QED) is 0.737. The van der Waals surface area contributed by atoms with Crippen LogP contribution in [0.15, 0.2) is 12.1 Å². The van der Waals surface area contributed by atoms with Crippen LogP contribution in [0, 0.1) is 13.8 Å². The zero-order valence-corrected chi connectivity index (χ0v) is 9.67. The van der Waals surface area contributed by atoms with E-state index in [9.17, 15) is 0 Å². The van der Waals surface area contributed by atoms with Crippen LogP contribution in [0.1, 0.15) is 11.1 Å². The Hall–Kier alpha value is -0.770. The highest BCUT2D eigenvalue weighted by atomic mass is 35.5. The van der Waals surface area contributed by atoms with Gasteiger partial charge in [0.1, 0.15) is 0 Å². The highest BCUT2D eigenvalue weighted by molar-refractivity contribution is 6.33. The van der Waals surface area contributed by atoms with E-state index in [1.54, 1.807) is 0 Å². The molecule has 0 aliphatic carbocycles. The smallest absolute Gasteiger partial charge is 0.0723 e. The third kappa shape index (κ3) is 3.09. The van der Waals surface area contributed by atoms with E-state index in [1.807, 2.05) is 26.0 Å². The Bertz CT molecular complexity index is 314. The normalized spacial score (nSPS) is 10.8. The van der Waals surface area contributed by atoms with E-state index in [4.69, 9.17) is 21.8 Å². The fraction of sp³-hybridized carbons (Fsp3) is 0.455. The molecule has 0 bridgehead atoms. The van der Waals surface area contributed by atoms with E-state index < -0.39 is 0 Å². The van der Waals surface area contributed by atoms with E-state index in [-0.39, 0.29) is 19.3 Å². The Morgan fingerprint density at radius 1 is 1.27 bits per heavy atom. The van der Waals surface area contributed by atoms with Crippen LogP contribution < -0.4 is 5.32 Å². The molecule has 0 aromatic heterocycles. The first-order chi connectivity index (χ1) is 7.08. The topological polar surface area (TPSA) is 52.5 Å². The van der Waals surface area contributed by atoms with Gasteiger partial charge in [-0.1, -0.05) is 17.7 Å². The van der Waals surface area contributed by atoms with Gasteiger partial charge < -0.3 is 15.5 Å². The van der Waals surface area contributed by atoms with E-state index in [0.717, 1.165) is 16.8 Å². The van der Waals surface area contributed by atoms with Gasteiger partial charge in [-0.05, 0) is 31.0 Å². The predicted molar refractivity (Wildman–Crippen MR) is 62.5 cm³/mol. The number of aliphatic hydroxyl groups excluding tert-OH is 2. The molecule has 0 heterocycles. The summed E-state index contributed by atoms with van der Waals surface area (Å²) < 4.78 is 0. The van der Waals surface area contributed by atoms with Crippen LogP contribution in [0.25, 0.3) is 0 Å². The zero-order chi connectivity index (χ0) is 11.4. The number of halogens is 1. The molecule has 84 valence electrons. The lowest BCUT2D eigenvalue weighted by Crippen LogP contribution is -2.28. The van der Waals surface area contributed by atoms with Gasteiger partial charge in [0, 0.05) is 0 Å². The average molecular weight is 230 g/mol. The number of nitrogens with one attached hydrogen (secondary N) is 1. The van der Waals surface area contributed by atoms with E-state index in [1.165, 1.54) is 0 Å². The third-order valence-corrected chi connectivity index (χ3v) is 2.52. The lowest BCUT2D eigenvalue weighted by atomic mass is 10.1. The number of anilines is 1. The van der Waals surface area contributed by atoms with Crippen molar-refractivity contribution in [2.45, 2.75) is 19.9 Å². The molecule has 4 heteroatoms. The highest BCUT2D eigenvalue weighted by Crippen LogP contribution is 2.27. The first-order valence-electron chi connectivity index (χ1n) is 4.83. The minimum absolute atomic E-state index is 0.125. The van der Waals surface area contributed by atoms with Crippen molar-refractivity contribution in [2.75, 3.05) is 18.5 Å². The lowest BCUT2D eigenvalue weighted by Gasteiger charge is -2.18. The highest BCUT2D eigenvalue weighted by Gasteiger charge is 2.10. The van der Waals surface area contributed by atoms with Crippen molar-refractivity contribution < 1.29 is 10.2 Å². The molecule has 1 aromatic rings. The summed E-state index contributed by atoms with van der Waals surface area (Å²) in [5.74, 6) is 0.